The molecule has 384 valence electrons. The first kappa shape index (κ1) is 56.7. The number of halogens is 24. The maximum Gasteiger partial charge on any atom is 0.416 e. The number of rotatable bonds is 14. The molecular formula is C44H35F24N. The molecule has 1 atom stereocenters. The Morgan fingerprint density at radius 3 is 0.725 bits per heavy atom. The highest BCUT2D eigenvalue weighted by Crippen LogP contribution is 2.53. The van der Waals surface area contributed by atoms with E-state index in [0.717, 1.165) is 4.90 Å². The largest absolute Gasteiger partial charge is 0.416 e. The third kappa shape index (κ3) is 13.7. The van der Waals surface area contributed by atoms with Gasteiger partial charge in [-0.15, -0.1) is 0 Å². The molecule has 0 N–H and O–H groups in total. The van der Waals surface area contributed by atoms with Crippen LogP contribution in [0.25, 0.3) is 0 Å². The van der Waals surface area contributed by atoms with Crippen LogP contribution in [0.2, 0.25) is 0 Å². The summed E-state index contributed by atoms with van der Waals surface area (Å²) in [5.74, 6) is 0. The molecule has 0 aromatic heterocycles. The van der Waals surface area contributed by atoms with Crippen molar-refractivity contribution in [3.63, 3.8) is 0 Å². The van der Waals surface area contributed by atoms with Crippen LogP contribution < -0.4 is 0 Å². The van der Waals surface area contributed by atoms with E-state index < -0.39 is 159 Å². The second-order valence-electron chi connectivity index (χ2n) is 15.9. The van der Waals surface area contributed by atoms with Gasteiger partial charge in [0.25, 0.3) is 0 Å². The van der Waals surface area contributed by atoms with E-state index >= 15 is 0 Å². The van der Waals surface area contributed by atoms with Crippen molar-refractivity contribution in [1.82, 2.24) is 4.90 Å². The lowest BCUT2D eigenvalue weighted by Gasteiger charge is -2.41. The SMILES string of the molecule is CCCCN(CCCC)C(CCC(c1cc(C(F)(F)F)cc(C(F)(F)F)c1)(c1cc(C(F)(F)F)cc(C(F)(F)F)c1)c1cc(C(F)(F)F)cc(C(F)(F)F)c1)c1cc(C(F)(F)F)cc(C(F)(F)F)c1. The predicted molar refractivity (Wildman–Crippen MR) is 199 cm³/mol. The van der Waals surface area contributed by atoms with Gasteiger partial charge in [0.2, 0.25) is 0 Å². The van der Waals surface area contributed by atoms with Crippen LogP contribution in [0, 0.1) is 0 Å². The van der Waals surface area contributed by atoms with Crippen molar-refractivity contribution in [3.8, 4) is 0 Å². The van der Waals surface area contributed by atoms with Crippen molar-refractivity contribution in [2.75, 3.05) is 13.1 Å². The lowest BCUT2D eigenvalue weighted by Crippen LogP contribution is -2.36. The third-order valence-corrected chi connectivity index (χ3v) is 11.1. The van der Waals surface area contributed by atoms with E-state index in [-0.39, 0.29) is 93.4 Å². The van der Waals surface area contributed by atoms with Crippen molar-refractivity contribution >= 4 is 0 Å². The minimum Gasteiger partial charge on any atom is -0.296 e. The molecule has 25 heteroatoms. The lowest BCUT2D eigenvalue weighted by atomic mass is 9.64. The highest BCUT2D eigenvalue weighted by Gasteiger charge is 2.49. The zero-order valence-corrected chi connectivity index (χ0v) is 35.2. The van der Waals surface area contributed by atoms with Crippen LogP contribution in [0.5, 0.6) is 0 Å². The number of benzene rings is 4. The zero-order chi connectivity index (χ0) is 52.7. The van der Waals surface area contributed by atoms with Crippen molar-refractivity contribution in [3.05, 3.63) is 140 Å². The first-order valence-corrected chi connectivity index (χ1v) is 20.1. The lowest BCUT2D eigenvalue weighted by molar-refractivity contribution is -0.145. The van der Waals surface area contributed by atoms with Crippen LogP contribution in [0.4, 0.5) is 105 Å². The van der Waals surface area contributed by atoms with Gasteiger partial charge in [0.15, 0.2) is 0 Å². The number of hydrogen-bond donors (Lipinski definition) is 0. The molecule has 0 aliphatic rings. The van der Waals surface area contributed by atoms with E-state index in [1.54, 1.807) is 0 Å². The summed E-state index contributed by atoms with van der Waals surface area (Å²) < 4.78 is 349. The predicted octanol–water partition coefficient (Wildman–Crippen LogP) is 17.6. The highest BCUT2D eigenvalue weighted by atomic mass is 19.4. The summed E-state index contributed by atoms with van der Waals surface area (Å²) in [7, 11) is 0. The van der Waals surface area contributed by atoms with Gasteiger partial charge in [-0.2, -0.15) is 105 Å². The first-order chi connectivity index (χ1) is 31.1. The van der Waals surface area contributed by atoms with Crippen LogP contribution >= 0.6 is 0 Å². The number of hydrogen-bond acceptors (Lipinski definition) is 1. The topological polar surface area (TPSA) is 3.24 Å². The van der Waals surface area contributed by atoms with Crippen molar-refractivity contribution in [1.29, 1.82) is 0 Å². The van der Waals surface area contributed by atoms with E-state index in [1.807, 2.05) is 0 Å². The second-order valence-corrected chi connectivity index (χ2v) is 15.9. The molecule has 0 fully saturated rings. The summed E-state index contributed by atoms with van der Waals surface area (Å²) in [6, 6.07) is -6.49. The monoisotopic (exact) mass is 1030 g/mol. The fourth-order valence-corrected chi connectivity index (χ4v) is 7.77. The van der Waals surface area contributed by atoms with E-state index in [2.05, 4.69) is 0 Å². The summed E-state index contributed by atoms with van der Waals surface area (Å²) in [5.41, 5.74) is -29.2. The Balaban J connectivity index is 2.44. The fraction of sp³-hybridized carbons (Fsp3) is 0.455. The molecule has 0 aliphatic carbocycles. The van der Waals surface area contributed by atoms with Crippen molar-refractivity contribution < 1.29 is 105 Å². The maximum absolute atomic E-state index is 14.6. The summed E-state index contributed by atoms with van der Waals surface area (Å²) in [5, 5.41) is 0. The van der Waals surface area contributed by atoms with Crippen molar-refractivity contribution in [2.45, 2.75) is 113 Å². The number of unbranched alkanes of at least 4 members (excludes halogenated alkanes) is 2. The van der Waals surface area contributed by atoms with Crippen LogP contribution in [0.3, 0.4) is 0 Å². The zero-order valence-electron chi connectivity index (χ0n) is 35.2. The Labute approximate surface area is 376 Å². The molecule has 0 aliphatic heterocycles. The molecule has 4 aromatic carbocycles. The van der Waals surface area contributed by atoms with Crippen LogP contribution in [-0.2, 0) is 54.8 Å². The average molecular weight is 1030 g/mol. The molecule has 4 aromatic rings. The van der Waals surface area contributed by atoms with E-state index in [1.165, 1.54) is 13.8 Å². The molecule has 0 spiro atoms. The highest BCUT2D eigenvalue weighted by molar-refractivity contribution is 5.57. The Kier molecular flexibility index (Phi) is 16.2. The third-order valence-electron chi connectivity index (χ3n) is 11.1. The van der Waals surface area contributed by atoms with Gasteiger partial charge in [-0.05, 0) is 134 Å². The Morgan fingerprint density at radius 1 is 0.319 bits per heavy atom. The molecular weight excluding hydrogens is 998 g/mol. The maximum atomic E-state index is 14.6. The first-order valence-electron chi connectivity index (χ1n) is 20.1. The molecule has 1 nitrogen and oxygen atoms in total. The molecule has 69 heavy (non-hydrogen) atoms. The van der Waals surface area contributed by atoms with Gasteiger partial charge in [0.1, 0.15) is 0 Å². The fourth-order valence-electron chi connectivity index (χ4n) is 7.77. The second kappa shape index (κ2) is 19.7. The Bertz CT molecular complexity index is 2070. The normalized spacial score (nSPS) is 14.5. The molecule has 0 saturated heterocycles. The molecule has 0 amide bonds. The Hall–Kier alpha value is -4.84. The summed E-state index contributed by atoms with van der Waals surface area (Å²) >= 11 is 0. The Morgan fingerprint density at radius 2 is 0.522 bits per heavy atom. The molecule has 0 radical (unpaired) electrons. The minimum absolute atomic E-state index is 0.00413. The molecule has 0 heterocycles. The molecule has 0 bridgehead atoms. The van der Waals surface area contributed by atoms with E-state index in [4.69, 9.17) is 0 Å². The van der Waals surface area contributed by atoms with Gasteiger partial charge in [-0.3, -0.25) is 4.90 Å². The van der Waals surface area contributed by atoms with Crippen LogP contribution in [0.15, 0.2) is 72.8 Å². The standard InChI is InChI=1S/C44H35F24N/c1-3-5-9-69(10-6-4-2)35(23-11-27(37(45,46)47)19-28(12-23)38(48,49)50)7-8-36(24-13-29(39(51,52)53)20-30(14-24)40(54,55)56,25-15-31(41(57,58)59)21-32(16-25)42(60,61)62)26-17-33(43(63,64)65)22-34(18-26)44(66,67)68/h11-22,35H,3-10H2,1-2H3. The van der Waals surface area contributed by atoms with Crippen molar-refractivity contribution in [2.24, 2.45) is 0 Å². The van der Waals surface area contributed by atoms with Gasteiger partial charge in [0.05, 0.1) is 44.5 Å². The summed E-state index contributed by atoms with van der Waals surface area (Å²) in [4.78, 5) is 1.11. The van der Waals surface area contributed by atoms with Gasteiger partial charge < -0.3 is 0 Å². The summed E-state index contributed by atoms with van der Waals surface area (Å²) in [6.45, 7) is 2.34. The van der Waals surface area contributed by atoms with Gasteiger partial charge >= 0.3 is 49.4 Å². The summed E-state index contributed by atoms with van der Waals surface area (Å²) in [6.07, 6.45) is -50.0. The number of alkyl halides is 24. The molecule has 4 rings (SSSR count). The quantitative estimate of drug-likeness (QED) is 0.0899. The van der Waals surface area contributed by atoms with E-state index in [0.29, 0.717) is 0 Å². The van der Waals surface area contributed by atoms with Gasteiger partial charge in [0, 0.05) is 11.5 Å². The average Bonchev–Trinajstić information content (AvgIpc) is 3.19. The molecule has 0 saturated carbocycles. The van der Waals surface area contributed by atoms with E-state index in [9.17, 15) is 105 Å². The molecule has 1 unspecified atom stereocenters. The van der Waals surface area contributed by atoms with Crippen LogP contribution in [-0.4, -0.2) is 18.0 Å². The van der Waals surface area contributed by atoms with Crippen LogP contribution in [0.1, 0.15) is 125 Å². The smallest absolute Gasteiger partial charge is 0.296 e. The van der Waals surface area contributed by atoms with Gasteiger partial charge in [-0.25, -0.2) is 0 Å². The number of nitrogens with zero attached hydrogens (tertiary/aromatic N) is 1. The minimum atomic E-state index is -5.98. The van der Waals surface area contributed by atoms with Gasteiger partial charge in [-0.1, -0.05) is 26.7 Å².